The van der Waals surface area contributed by atoms with Gasteiger partial charge in [-0.15, -0.1) is 0 Å². The van der Waals surface area contributed by atoms with E-state index in [1.54, 1.807) is 172 Å². The number of hydrogen-bond acceptors (Lipinski definition) is 24. The number of nitrogens with zero attached hydrogens (tertiary/aromatic N) is 2. The summed E-state index contributed by atoms with van der Waals surface area (Å²) in [6, 6.07) is 49.3. The van der Waals surface area contributed by atoms with Gasteiger partial charge in [0.15, 0.2) is 0 Å². The van der Waals surface area contributed by atoms with Crippen molar-refractivity contribution < 1.29 is 139 Å². The molecule has 0 bridgehead atoms. The molecule has 29 nitrogen and oxygen atoms in total. The Hall–Kier alpha value is -10.8. The van der Waals surface area contributed by atoms with E-state index < -0.39 is 96.1 Å². The summed E-state index contributed by atoms with van der Waals surface area (Å²) in [6.07, 6.45) is -6.73. The van der Waals surface area contributed by atoms with Gasteiger partial charge in [-0.3, -0.25) is 0 Å². The zero-order valence-corrected chi connectivity index (χ0v) is 77.0. The summed E-state index contributed by atoms with van der Waals surface area (Å²) in [4.78, 5) is 121. The Bertz CT molecular complexity index is 4760. The number of nitrogens with one attached hydrogen (secondary N) is 2. The maximum atomic E-state index is 12.5. The zero-order valence-electron chi connectivity index (χ0n) is 73.9. The summed E-state index contributed by atoms with van der Waals surface area (Å²) in [5, 5.41) is 16.5. The van der Waals surface area contributed by atoms with Crippen molar-refractivity contribution in [1.29, 1.82) is 0 Å². The van der Waals surface area contributed by atoms with E-state index in [9.17, 15) is 53.1 Å². The maximum absolute atomic E-state index is 12.5. The van der Waals surface area contributed by atoms with Gasteiger partial charge in [-0.25, -0.2) is 57.7 Å². The van der Waals surface area contributed by atoms with Gasteiger partial charge in [-0.1, -0.05) is 119 Å². The largest absolute Gasteiger partial charge is 1.00 e. The average molecular weight is 1820 g/mol. The van der Waals surface area contributed by atoms with Crippen molar-refractivity contribution >= 4 is 107 Å². The second kappa shape index (κ2) is 55.0. The molecule has 676 valence electrons. The van der Waals surface area contributed by atoms with Gasteiger partial charge in [0.1, 0.15) is 35.6 Å². The fourth-order valence-electron chi connectivity index (χ4n) is 11.7. The summed E-state index contributed by atoms with van der Waals surface area (Å²) in [5.41, 5.74) is 9.68. The number of carbonyl (C=O) groups is 10. The van der Waals surface area contributed by atoms with E-state index in [1.165, 1.54) is 34.5 Å². The topological polar surface area (TPSA) is 371 Å². The number of carboxylic acid groups (broad SMARTS) is 1. The molecule has 0 aromatic heterocycles. The van der Waals surface area contributed by atoms with Gasteiger partial charge in [-0.05, 0) is 254 Å². The first-order valence-corrected chi connectivity index (χ1v) is 40.8. The van der Waals surface area contributed by atoms with Crippen LogP contribution in [0.5, 0.6) is 0 Å². The van der Waals surface area contributed by atoms with Crippen LogP contribution in [-0.4, -0.2) is 193 Å². The van der Waals surface area contributed by atoms with Crippen LogP contribution < -0.4 is 29.5 Å². The van der Waals surface area contributed by atoms with Crippen LogP contribution in [0.4, 0.5) is 28.8 Å². The number of esters is 3. The minimum atomic E-state index is -1.01. The molecule has 8 rings (SSSR count). The SMILES string of the molecule is CCOC(=O)c1cccc(C(OCCN(C(=O)OC)C(=O)OC(C)(C)C)c2cc(Cl)ccc2C)c1.CCOC(=O)c1cccc([C@@H](OCCN(C(=O)OC)C(=O)OC(C)(C)C)c2cc(Cl)ccc2C)c1.CCOC(=O)c1cccc([C@@H](OCCNC(=O)OC)c2cc(Cl)ccc2C)c1.COC(=O)NCCO[C@H](c1cccc(C(=O)O)c1)c1cc(Cl)ccc1C.[Li+].[OH-]. The molecule has 1 unspecified atom stereocenters. The molecule has 0 saturated heterocycles. The molecule has 0 aliphatic heterocycles. The Labute approximate surface area is 766 Å². The molecule has 0 spiro atoms. The molecular formula is C92H109Cl4LiN4O25. The van der Waals surface area contributed by atoms with Crippen molar-refractivity contribution in [1.82, 2.24) is 20.4 Å². The van der Waals surface area contributed by atoms with E-state index in [1.807, 2.05) is 82.3 Å². The van der Waals surface area contributed by atoms with E-state index in [0.717, 1.165) is 59.9 Å². The second-order valence-corrected chi connectivity index (χ2v) is 30.8. The van der Waals surface area contributed by atoms with E-state index >= 15 is 0 Å². The Morgan fingerprint density at radius 2 is 0.619 bits per heavy atom. The molecule has 0 aliphatic rings. The fraction of sp³-hybridized carbons (Fsp3) is 0.370. The van der Waals surface area contributed by atoms with Gasteiger partial charge in [0.2, 0.25) is 0 Å². The number of rotatable bonds is 31. The first-order chi connectivity index (χ1) is 58.8. The van der Waals surface area contributed by atoms with Crippen molar-refractivity contribution in [2.45, 2.75) is 126 Å². The van der Waals surface area contributed by atoms with Gasteiger partial charge in [0.25, 0.3) is 0 Å². The Morgan fingerprint density at radius 3 is 0.857 bits per heavy atom. The second-order valence-electron chi connectivity index (χ2n) is 29.0. The molecule has 8 aromatic carbocycles. The maximum Gasteiger partial charge on any atom is 1.00 e. The van der Waals surface area contributed by atoms with Gasteiger partial charge in [-0.2, -0.15) is 0 Å². The van der Waals surface area contributed by atoms with Crippen molar-refractivity contribution in [3.05, 3.63) is 279 Å². The molecule has 0 saturated carbocycles. The number of amides is 6. The average Bonchev–Trinajstić information content (AvgIpc) is 0.819. The summed E-state index contributed by atoms with van der Waals surface area (Å²) >= 11 is 24.8. The summed E-state index contributed by atoms with van der Waals surface area (Å²) in [6.45, 7) is 24.7. The standard InChI is InChI=1S/2C26H32ClNO7.C21H24ClNO5.C19H20ClNO5.Li.H2O/c2*1-7-33-23(29)19-10-8-9-18(15-19)22(21-16-20(27)12-11-17(21)2)34-14-13-28(24(30)32-6)25(31)35-26(3,4)5;1-4-27-20(24)16-7-5-6-15(12-16)19(28-11-10-23-21(25)26-3)18-13-17(22)9-8-14(18)2;1-12-6-7-15(20)11-16(12)17(26-9-8-21-19(24)25-2)13-4-3-5-14(10-13)18(22)23;;/h2*8-12,15-16,22H,7,13-14H2,1-6H3;5-9,12-13,19H,4,10-11H2,1-3H3,(H,23,25);3-7,10-11,17H,8-9H2,1-2H3,(H,21,24)(H,22,23);;1H2/q;;;;+1;/p-1/t22-;;19-;17-;;/m1.11../s1. The molecule has 34 heteroatoms. The molecular weight excluding hydrogens is 1710 g/mol. The van der Waals surface area contributed by atoms with Crippen LogP contribution in [0, 0.1) is 27.7 Å². The summed E-state index contributed by atoms with van der Waals surface area (Å²) in [5.74, 6) is -2.30. The normalized spacial score (nSPS) is 11.6. The number of methoxy groups -OCH3 is 4. The van der Waals surface area contributed by atoms with Gasteiger partial charge in [0.05, 0.1) is 110 Å². The number of hydrogen-bond donors (Lipinski definition) is 3. The molecule has 0 aliphatic carbocycles. The predicted octanol–water partition coefficient (Wildman–Crippen LogP) is 16.8. The van der Waals surface area contributed by atoms with Crippen molar-refractivity contribution in [2.75, 3.05) is 101 Å². The number of aryl methyl sites for hydroxylation is 4. The van der Waals surface area contributed by atoms with E-state index in [4.69, 9.17) is 98.5 Å². The number of ether oxygens (including phenoxy) is 13. The number of carbonyl (C=O) groups excluding carboxylic acids is 9. The Balaban J connectivity index is 0.000000434. The third kappa shape index (κ3) is 36.3. The monoisotopic (exact) mass is 1820 g/mol. The fourth-order valence-corrected chi connectivity index (χ4v) is 12.4. The van der Waals surface area contributed by atoms with Crippen LogP contribution >= 0.6 is 46.4 Å². The minimum absolute atomic E-state index is 0. The van der Waals surface area contributed by atoms with Gasteiger partial charge < -0.3 is 82.8 Å². The zero-order chi connectivity index (χ0) is 92.0. The molecule has 0 fully saturated rings. The first kappa shape index (κ1) is 109. The van der Waals surface area contributed by atoms with Crippen molar-refractivity contribution in [2.24, 2.45) is 0 Å². The quantitative estimate of drug-likeness (QED) is 0.0157. The number of aromatic carboxylic acids is 1. The number of alkyl carbamates (subject to hydrolysis) is 2. The molecule has 0 heterocycles. The molecule has 4 N–H and O–H groups in total. The van der Waals surface area contributed by atoms with Crippen LogP contribution in [0.2, 0.25) is 20.1 Å². The number of carboxylic acids is 1. The smallest absolute Gasteiger partial charge is 0.870 e. The van der Waals surface area contributed by atoms with Gasteiger partial charge >= 0.3 is 79.3 Å². The summed E-state index contributed by atoms with van der Waals surface area (Å²) < 4.78 is 68.9. The van der Waals surface area contributed by atoms with Crippen LogP contribution in [-0.2, 0) is 61.6 Å². The van der Waals surface area contributed by atoms with Crippen molar-refractivity contribution in [3.63, 3.8) is 0 Å². The number of imide groups is 2. The molecule has 4 atom stereocenters. The van der Waals surface area contributed by atoms with E-state index in [0.29, 0.717) is 60.1 Å². The Kier molecular flexibility index (Phi) is 47.7. The van der Waals surface area contributed by atoms with Crippen LogP contribution in [0.15, 0.2) is 170 Å². The molecule has 126 heavy (non-hydrogen) atoms. The molecule has 6 amide bonds. The number of benzene rings is 8. The third-order valence-electron chi connectivity index (χ3n) is 17.5. The molecule has 8 aromatic rings. The van der Waals surface area contributed by atoms with Crippen LogP contribution in [0.1, 0.15) is 195 Å². The van der Waals surface area contributed by atoms with Crippen LogP contribution in [0.25, 0.3) is 0 Å². The molecule has 0 radical (unpaired) electrons. The third-order valence-corrected chi connectivity index (χ3v) is 18.5. The van der Waals surface area contributed by atoms with E-state index in [-0.39, 0.29) is 95.7 Å². The minimum Gasteiger partial charge on any atom is -0.870 e. The van der Waals surface area contributed by atoms with Gasteiger partial charge in [0, 0.05) is 33.2 Å². The number of halogens is 4. The van der Waals surface area contributed by atoms with Crippen molar-refractivity contribution in [3.8, 4) is 0 Å². The Morgan fingerprint density at radius 1 is 0.365 bits per heavy atom. The van der Waals surface area contributed by atoms with Crippen LogP contribution in [0.3, 0.4) is 0 Å². The van der Waals surface area contributed by atoms with E-state index in [2.05, 4.69) is 20.1 Å². The summed E-state index contributed by atoms with van der Waals surface area (Å²) in [7, 11) is 4.94. The predicted molar refractivity (Wildman–Crippen MR) is 470 cm³/mol. The first-order valence-electron chi connectivity index (χ1n) is 39.3.